The van der Waals surface area contributed by atoms with Crippen molar-refractivity contribution in [1.29, 1.82) is 10.5 Å². The Kier molecular flexibility index (Phi) is 5.84. The molecule has 49 heavy (non-hydrogen) atoms. The van der Waals surface area contributed by atoms with Crippen LogP contribution in [0.5, 0.6) is 0 Å². The standard InChI is InChI=1S/C44H24N4S/c45-25-27-10-15-40-34(20-27)33-8-4-5-9-39(33)48(40)32-14-19-44-38(24-32)37-23-30(13-18-43(37)49-44)29-12-17-42-36(22-29)35-21-28(26-46)11-16-41(35)47(42)31-6-2-1-3-7-31/h1-24H. The Morgan fingerprint density at radius 2 is 0.898 bits per heavy atom. The highest BCUT2D eigenvalue weighted by Crippen LogP contribution is 2.41. The highest BCUT2D eigenvalue weighted by atomic mass is 32.1. The molecule has 0 N–H and O–H groups in total. The van der Waals surface area contributed by atoms with Gasteiger partial charge in [-0.15, -0.1) is 11.3 Å². The van der Waals surface area contributed by atoms with Crippen LogP contribution in [0.4, 0.5) is 0 Å². The van der Waals surface area contributed by atoms with E-state index in [1.807, 2.05) is 41.7 Å². The largest absolute Gasteiger partial charge is 0.309 e. The normalized spacial score (nSPS) is 11.6. The Labute approximate surface area is 285 Å². The second kappa shape index (κ2) is 10.4. The lowest BCUT2D eigenvalue weighted by molar-refractivity contribution is 1.18. The van der Waals surface area contributed by atoms with Crippen LogP contribution in [0.1, 0.15) is 11.1 Å². The van der Waals surface area contributed by atoms with Crippen LogP contribution in [0.15, 0.2) is 146 Å². The quantitative estimate of drug-likeness (QED) is 0.193. The minimum atomic E-state index is 0.653. The van der Waals surface area contributed by atoms with Gasteiger partial charge in [-0.25, -0.2) is 0 Å². The van der Waals surface area contributed by atoms with Gasteiger partial charge < -0.3 is 9.13 Å². The first kappa shape index (κ1) is 27.5. The van der Waals surface area contributed by atoms with Gasteiger partial charge in [0, 0.05) is 53.1 Å². The third-order valence-corrected chi connectivity index (χ3v) is 10.9. The van der Waals surface area contributed by atoms with E-state index in [0.717, 1.165) is 66.1 Å². The molecular formula is C44H24N4S. The molecule has 10 rings (SSSR count). The zero-order valence-corrected chi connectivity index (χ0v) is 26.9. The lowest BCUT2D eigenvalue weighted by Crippen LogP contribution is -1.93. The molecule has 0 spiro atoms. The van der Waals surface area contributed by atoms with E-state index in [9.17, 15) is 10.5 Å². The Bertz CT molecular complexity index is 3070. The van der Waals surface area contributed by atoms with Crippen molar-refractivity contribution in [2.75, 3.05) is 0 Å². The van der Waals surface area contributed by atoms with E-state index in [4.69, 9.17) is 0 Å². The van der Waals surface area contributed by atoms with Crippen molar-refractivity contribution < 1.29 is 0 Å². The minimum Gasteiger partial charge on any atom is -0.309 e. The molecule has 0 saturated carbocycles. The Balaban J connectivity index is 1.16. The van der Waals surface area contributed by atoms with Crippen LogP contribution in [-0.2, 0) is 0 Å². The van der Waals surface area contributed by atoms with Gasteiger partial charge in [0.1, 0.15) is 0 Å². The molecule has 0 atom stereocenters. The zero-order chi connectivity index (χ0) is 32.6. The molecule has 0 saturated heterocycles. The summed E-state index contributed by atoms with van der Waals surface area (Å²) in [6.45, 7) is 0. The molecule has 5 heteroatoms. The van der Waals surface area contributed by atoms with E-state index in [1.165, 1.54) is 20.2 Å². The van der Waals surface area contributed by atoms with Gasteiger partial charge in [0.05, 0.1) is 45.3 Å². The van der Waals surface area contributed by atoms with Gasteiger partial charge in [-0.1, -0.05) is 48.5 Å². The SMILES string of the molecule is N#Cc1ccc2c(c1)c1ccccc1n2-c1ccc2sc3ccc(-c4ccc5c(c4)c4cc(C#N)ccc4n5-c4ccccc4)cc3c2c1. The number of nitriles is 2. The van der Waals surface area contributed by atoms with E-state index in [1.54, 1.807) is 0 Å². The molecule has 3 aromatic heterocycles. The van der Waals surface area contributed by atoms with Crippen molar-refractivity contribution in [2.24, 2.45) is 0 Å². The summed E-state index contributed by atoms with van der Waals surface area (Å²) < 4.78 is 7.08. The number of hydrogen-bond donors (Lipinski definition) is 0. The van der Waals surface area contributed by atoms with E-state index in [-0.39, 0.29) is 0 Å². The third kappa shape index (κ3) is 4.07. The van der Waals surface area contributed by atoms with Crippen molar-refractivity contribution in [2.45, 2.75) is 0 Å². The van der Waals surface area contributed by atoms with Gasteiger partial charge in [-0.3, -0.25) is 0 Å². The number of benzene rings is 7. The minimum absolute atomic E-state index is 0.653. The number of thiophene rings is 1. The summed E-state index contributed by atoms with van der Waals surface area (Å²) in [5.74, 6) is 0. The molecule has 10 aromatic rings. The van der Waals surface area contributed by atoms with Gasteiger partial charge in [-0.05, 0) is 108 Å². The molecule has 0 unspecified atom stereocenters. The number of fused-ring (bicyclic) bond motifs is 9. The second-order valence-corrected chi connectivity index (χ2v) is 13.5. The van der Waals surface area contributed by atoms with Crippen LogP contribution in [-0.4, -0.2) is 9.13 Å². The molecule has 0 bridgehead atoms. The van der Waals surface area contributed by atoms with E-state index in [0.29, 0.717) is 11.1 Å². The topological polar surface area (TPSA) is 57.4 Å². The molecule has 0 amide bonds. The highest BCUT2D eigenvalue weighted by Gasteiger charge is 2.17. The number of hydrogen-bond acceptors (Lipinski definition) is 3. The predicted octanol–water partition coefficient (Wildman–Crippen LogP) is 11.7. The smallest absolute Gasteiger partial charge is 0.0991 e. The summed E-state index contributed by atoms with van der Waals surface area (Å²) in [6.07, 6.45) is 0. The fourth-order valence-corrected chi connectivity index (χ4v) is 8.60. The van der Waals surface area contributed by atoms with Crippen LogP contribution in [0.3, 0.4) is 0 Å². The van der Waals surface area contributed by atoms with Gasteiger partial charge >= 0.3 is 0 Å². The molecule has 7 aromatic carbocycles. The summed E-state index contributed by atoms with van der Waals surface area (Å²) in [5, 5.41) is 26.2. The number of rotatable bonds is 3. The van der Waals surface area contributed by atoms with Gasteiger partial charge in [0.2, 0.25) is 0 Å². The summed E-state index contributed by atoms with van der Waals surface area (Å²) >= 11 is 1.81. The summed E-state index contributed by atoms with van der Waals surface area (Å²) in [4.78, 5) is 0. The average molecular weight is 641 g/mol. The van der Waals surface area contributed by atoms with Gasteiger partial charge in [0.25, 0.3) is 0 Å². The first-order valence-corrected chi connectivity index (χ1v) is 16.9. The van der Waals surface area contributed by atoms with Gasteiger partial charge in [-0.2, -0.15) is 10.5 Å². The monoisotopic (exact) mass is 640 g/mol. The number of para-hydroxylation sites is 2. The van der Waals surface area contributed by atoms with E-state index < -0.39 is 0 Å². The van der Waals surface area contributed by atoms with Crippen molar-refractivity contribution in [3.63, 3.8) is 0 Å². The highest BCUT2D eigenvalue weighted by molar-refractivity contribution is 7.25. The third-order valence-electron chi connectivity index (χ3n) is 9.75. The van der Waals surface area contributed by atoms with E-state index >= 15 is 0 Å². The lowest BCUT2D eigenvalue weighted by Gasteiger charge is -2.09. The van der Waals surface area contributed by atoms with Crippen LogP contribution < -0.4 is 0 Å². The molecule has 226 valence electrons. The Hall–Kier alpha value is -6.66. The lowest BCUT2D eigenvalue weighted by atomic mass is 10.00. The average Bonchev–Trinajstić information content (AvgIpc) is 3.81. The first-order valence-electron chi connectivity index (χ1n) is 16.1. The van der Waals surface area contributed by atoms with Crippen molar-refractivity contribution in [3.8, 4) is 34.6 Å². The van der Waals surface area contributed by atoms with Crippen LogP contribution in [0.2, 0.25) is 0 Å². The fraction of sp³-hybridized carbons (Fsp3) is 0. The fourth-order valence-electron chi connectivity index (χ4n) is 7.53. The van der Waals surface area contributed by atoms with Crippen LogP contribution in [0.25, 0.3) is 86.3 Å². The summed E-state index contributed by atoms with van der Waals surface area (Å²) in [6, 6.07) is 55.6. The molecule has 4 nitrogen and oxygen atoms in total. The van der Waals surface area contributed by atoms with Crippen molar-refractivity contribution in [3.05, 3.63) is 157 Å². The number of aromatic nitrogens is 2. The second-order valence-electron chi connectivity index (χ2n) is 12.4. The zero-order valence-electron chi connectivity index (χ0n) is 26.1. The van der Waals surface area contributed by atoms with Crippen molar-refractivity contribution >= 4 is 75.1 Å². The maximum Gasteiger partial charge on any atom is 0.0991 e. The molecule has 3 heterocycles. The van der Waals surface area contributed by atoms with E-state index in [2.05, 4.69) is 137 Å². The maximum absolute atomic E-state index is 9.73. The number of nitrogens with zero attached hydrogens (tertiary/aromatic N) is 4. The van der Waals surface area contributed by atoms with Crippen molar-refractivity contribution in [1.82, 2.24) is 9.13 Å². The Morgan fingerprint density at radius 3 is 1.61 bits per heavy atom. The first-order chi connectivity index (χ1) is 24.2. The molecule has 0 aliphatic heterocycles. The van der Waals surface area contributed by atoms with Crippen LogP contribution in [0, 0.1) is 22.7 Å². The maximum atomic E-state index is 9.73. The van der Waals surface area contributed by atoms with Crippen LogP contribution >= 0.6 is 11.3 Å². The molecule has 0 aliphatic carbocycles. The molecular weight excluding hydrogens is 617 g/mol. The molecule has 0 radical (unpaired) electrons. The summed E-state index contributed by atoms with van der Waals surface area (Å²) in [7, 11) is 0. The summed E-state index contributed by atoms with van der Waals surface area (Å²) in [5.41, 5.74) is 10.2. The molecule has 0 fully saturated rings. The molecule has 0 aliphatic rings. The Morgan fingerprint density at radius 1 is 0.388 bits per heavy atom. The predicted molar refractivity (Wildman–Crippen MR) is 203 cm³/mol. The van der Waals surface area contributed by atoms with Gasteiger partial charge in [0.15, 0.2) is 0 Å².